The summed E-state index contributed by atoms with van der Waals surface area (Å²) in [6, 6.07) is 11.6. The number of carbonyl (C=O) groups excluding carboxylic acids is 2. The first-order valence-corrected chi connectivity index (χ1v) is 9.89. The van der Waals surface area contributed by atoms with Crippen LogP contribution in [0.5, 0.6) is 5.75 Å². The maximum atomic E-state index is 12.8. The molecular formula is C23H27NO5. The fraction of sp³-hybridized carbons (Fsp3) is 0.391. The highest BCUT2D eigenvalue weighted by Gasteiger charge is 2.34. The molecular weight excluding hydrogens is 370 g/mol. The van der Waals surface area contributed by atoms with Gasteiger partial charge in [-0.3, -0.25) is 9.59 Å². The van der Waals surface area contributed by atoms with E-state index in [1.165, 1.54) is 0 Å². The van der Waals surface area contributed by atoms with E-state index < -0.39 is 18.2 Å². The van der Waals surface area contributed by atoms with Gasteiger partial charge in [0.1, 0.15) is 18.0 Å². The highest BCUT2D eigenvalue weighted by atomic mass is 16.5. The lowest BCUT2D eigenvalue weighted by molar-refractivity contribution is -0.150. The summed E-state index contributed by atoms with van der Waals surface area (Å²) >= 11 is 0. The van der Waals surface area contributed by atoms with Gasteiger partial charge in [-0.15, -0.1) is 0 Å². The van der Waals surface area contributed by atoms with Crippen molar-refractivity contribution in [3.63, 3.8) is 0 Å². The molecule has 6 nitrogen and oxygen atoms in total. The van der Waals surface area contributed by atoms with E-state index in [1.807, 2.05) is 57.2 Å². The number of amides is 1. The molecule has 2 aromatic carbocycles. The van der Waals surface area contributed by atoms with Crippen molar-refractivity contribution in [1.82, 2.24) is 0 Å². The monoisotopic (exact) mass is 397 g/mol. The smallest absolute Gasteiger partial charge is 0.308 e. The fourth-order valence-corrected chi connectivity index (χ4v) is 3.51. The van der Waals surface area contributed by atoms with Gasteiger partial charge in [-0.1, -0.05) is 29.8 Å². The summed E-state index contributed by atoms with van der Waals surface area (Å²) in [6.45, 7) is 8.44. The summed E-state index contributed by atoms with van der Waals surface area (Å²) in [4.78, 5) is 24.8. The molecule has 1 N–H and O–H groups in total. The van der Waals surface area contributed by atoms with Crippen LogP contribution in [-0.4, -0.2) is 31.2 Å². The van der Waals surface area contributed by atoms with Crippen LogP contribution >= 0.6 is 0 Å². The van der Waals surface area contributed by atoms with Crippen molar-refractivity contribution in [2.24, 2.45) is 0 Å². The zero-order valence-electron chi connectivity index (χ0n) is 17.3. The summed E-state index contributed by atoms with van der Waals surface area (Å²) < 4.78 is 17.0. The Labute approximate surface area is 171 Å². The van der Waals surface area contributed by atoms with Crippen LogP contribution in [0.2, 0.25) is 0 Å². The third-order valence-corrected chi connectivity index (χ3v) is 4.91. The van der Waals surface area contributed by atoms with E-state index in [2.05, 4.69) is 5.32 Å². The van der Waals surface area contributed by atoms with Gasteiger partial charge in [0.2, 0.25) is 0 Å². The van der Waals surface area contributed by atoms with Crippen LogP contribution < -0.4 is 10.1 Å². The first-order valence-electron chi connectivity index (χ1n) is 9.89. The number of fused-ring (bicyclic) bond motifs is 1. The Morgan fingerprint density at radius 1 is 1.10 bits per heavy atom. The molecule has 1 amide bonds. The van der Waals surface area contributed by atoms with Crippen LogP contribution in [0.3, 0.4) is 0 Å². The van der Waals surface area contributed by atoms with Crippen LogP contribution in [-0.2, 0) is 19.1 Å². The van der Waals surface area contributed by atoms with E-state index in [-0.39, 0.29) is 18.9 Å². The van der Waals surface area contributed by atoms with Crippen molar-refractivity contribution in [2.45, 2.75) is 46.3 Å². The lowest BCUT2D eigenvalue weighted by Gasteiger charge is -2.24. The number of benzene rings is 2. The molecule has 0 saturated heterocycles. The normalized spacial score (nSPS) is 18.4. The summed E-state index contributed by atoms with van der Waals surface area (Å²) in [5.41, 5.74) is 4.41. The first kappa shape index (κ1) is 20.9. The van der Waals surface area contributed by atoms with Gasteiger partial charge in [0.25, 0.3) is 5.91 Å². The second-order valence-electron chi connectivity index (χ2n) is 7.00. The van der Waals surface area contributed by atoms with Crippen molar-refractivity contribution in [2.75, 3.05) is 18.5 Å². The van der Waals surface area contributed by atoms with Crippen LogP contribution in [0.1, 0.15) is 48.6 Å². The molecule has 29 heavy (non-hydrogen) atoms. The van der Waals surface area contributed by atoms with Crippen LogP contribution in [0, 0.1) is 13.8 Å². The lowest BCUT2D eigenvalue weighted by atomic mass is 9.94. The second-order valence-corrected chi connectivity index (χ2v) is 7.00. The number of rotatable bonds is 6. The van der Waals surface area contributed by atoms with E-state index in [1.54, 1.807) is 6.92 Å². The summed E-state index contributed by atoms with van der Waals surface area (Å²) in [7, 11) is 0. The molecule has 0 saturated carbocycles. The minimum Gasteiger partial charge on any atom is -0.494 e. The molecule has 0 aliphatic carbocycles. The molecule has 0 fully saturated rings. The minimum atomic E-state index is -0.957. The SMILES string of the molecule is CCOC(=O)CC1OC(c2cccc(OCC)c2C)c2cc(C)ccc2NC1=O. The molecule has 1 aliphatic rings. The number of ether oxygens (including phenoxy) is 3. The maximum absolute atomic E-state index is 12.8. The zero-order chi connectivity index (χ0) is 21.0. The van der Waals surface area contributed by atoms with Crippen molar-refractivity contribution in [3.05, 3.63) is 58.7 Å². The Kier molecular flexibility index (Phi) is 6.54. The van der Waals surface area contributed by atoms with Crippen molar-refractivity contribution < 1.29 is 23.8 Å². The molecule has 2 aromatic rings. The Morgan fingerprint density at radius 3 is 2.62 bits per heavy atom. The summed E-state index contributed by atoms with van der Waals surface area (Å²) in [6.07, 6.45) is -1.63. The van der Waals surface area contributed by atoms with Crippen LogP contribution in [0.15, 0.2) is 36.4 Å². The van der Waals surface area contributed by atoms with Gasteiger partial charge < -0.3 is 19.5 Å². The Bertz CT molecular complexity index is 908. The summed E-state index contributed by atoms with van der Waals surface area (Å²) in [5, 5.41) is 2.90. The molecule has 2 unspecified atom stereocenters. The average Bonchev–Trinajstić information content (AvgIpc) is 2.81. The topological polar surface area (TPSA) is 73.9 Å². The lowest BCUT2D eigenvalue weighted by Crippen LogP contribution is -2.32. The van der Waals surface area contributed by atoms with Gasteiger partial charge in [0.05, 0.1) is 19.6 Å². The summed E-state index contributed by atoms with van der Waals surface area (Å²) in [5.74, 6) is -0.0501. The molecule has 0 radical (unpaired) electrons. The van der Waals surface area contributed by atoms with Crippen molar-refractivity contribution in [3.8, 4) is 5.75 Å². The number of hydrogen-bond acceptors (Lipinski definition) is 5. The zero-order valence-corrected chi connectivity index (χ0v) is 17.3. The van der Waals surface area contributed by atoms with Gasteiger partial charge >= 0.3 is 5.97 Å². The average molecular weight is 397 g/mol. The maximum Gasteiger partial charge on any atom is 0.308 e. The molecule has 154 valence electrons. The predicted molar refractivity (Wildman–Crippen MR) is 110 cm³/mol. The highest BCUT2D eigenvalue weighted by Crippen LogP contribution is 2.39. The highest BCUT2D eigenvalue weighted by molar-refractivity contribution is 5.97. The first-order chi connectivity index (χ1) is 13.9. The number of esters is 1. The molecule has 0 aromatic heterocycles. The largest absolute Gasteiger partial charge is 0.494 e. The number of nitrogens with one attached hydrogen (secondary N) is 1. The standard InChI is InChI=1S/C23H27NO5/c1-5-27-19-9-7-8-16(15(19)4)22-17-12-14(3)10-11-18(17)24-23(26)20(29-22)13-21(25)28-6-2/h7-12,20,22H,5-6,13H2,1-4H3,(H,24,26). The third kappa shape index (κ3) is 4.59. The quantitative estimate of drug-likeness (QED) is 0.744. The van der Waals surface area contributed by atoms with E-state index in [9.17, 15) is 9.59 Å². The predicted octanol–water partition coefficient (Wildman–Crippen LogP) is 4.08. The van der Waals surface area contributed by atoms with Gasteiger partial charge in [-0.05, 0) is 51.0 Å². The Morgan fingerprint density at radius 2 is 1.90 bits per heavy atom. The minimum absolute atomic E-state index is 0.145. The van der Waals surface area contributed by atoms with E-state index in [0.717, 1.165) is 28.0 Å². The van der Waals surface area contributed by atoms with Gasteiger partial charge in [0.15, 0.2) is 0 Å². The number of aryl methyl sites for hydroxylation is 1. The van der Waals surface area contributed by atoms with Gasteiger partial charge in [-0.2, -0.15) is 0 Å². The molecule has 3 rings (SSSR count). The number of hydrogen-bond donors (Lipinski definition) is 1. The van der Waals surface area contributed by atoms with Gasteiger partial charge in [-0.25, -0.2) is 0 Å². The van der Waals surface area contributed by atoms with E-state index in [0.29, 0.717) is 12.3 Å². The van der Waals surface area contributed by atoms with Crippen molar-refractivity contribution in [1.29, 1.82) is 0 Å². The number of carbonyl (C=O) groups is 2. The third-order valence-electron chi connectivity index (χ3n) is 4.91. The van der Waals surface area contributed by atoms with E-state index in [4.69, 9.17) is 14.2 Å². The molecule has 0 bridgehead atoms. The molecule has 0 spiro atoms. The Balaban J connectivity index is 2.07. The second kappa shape index (κ2) is 9.09. The fourth-order valence-electron chi connectivity index (χ4n) is 3.51. The van der Waals surface area contributed by atoms with Crippen molar-refractivity contribution >= 4 is 17.6 Å². The molecule has 2 atom stereocenters. The van der Waals surface area contributed by atoms with Gasteiger partial charge in [0, 0.05) is 11.3 Å². The Hall–Kier alpha value is -2.86. The van der Waals surface area contributed by atoms with Crippen LogP contribution in [0.4, 0.5) is 5.69 Å². The molecule has 6 heteroatoms. The van der Waals surface area contributed by atoms with E-state index >= 15 is 0 Å². The van der Waals surface area contributed by atoms with Crippen LogP contribution in [0.25, 0.3) is 0 Å². The molecule has 1 aliphatic heterocycles. The molecule has 1 heterocycles. The number of anilines is 1.